The number of ether oxygens (including phenoxy) is 1. The summed E-state index contributed by atoms with van der Waals surface area (Å²) in [7, 11) is 0. The van der Waals surface area contributed by atoms with Crippen LogP contribution in [0.4, 0.5) is 18.9 Å². The predicted molar refractivity (Wildman–Crippen MR) is 103 cm³/mol. The molecule has 0 spiro atoms. The van der Waals surface area contributed by atoms with Gasteiger partial charge in [0.2, 0.25) is 5.60 Å². The Morgan fingerprint density at radius 2 is 1.80 bits per heavy atom. The minimum atomic E-state index is -5.18. The van der Waals surface area contributed by atoms with Gasteiger partial charge in [0, 0.05) is 5.69 Å². The minimum absolute atomic E-state index is 0.139. The number of hydrogen-bond donors (Lipinski definition) is 2. The Balaban J connectivity index is 1.94. The SMILES string of the molecule is CC[C@@H](C)c1ccc(NC(=O)COC(=O)C[C@](O)(c2ccc(C)o2)C(F)(F)F)cc1. The average molecular weight is 427 g/mol. The molecule has 2 atom stereocenters. The highest BCUT2D eigenvalue weighted by atomic mass is 19.4. The number of aliphatic hydroxyl groups is 1. The van der Waals surface area contributed by atoms with Crippen molar-refractivity contribution in [2.24, 2.45) is 0 Å². The topological polar surface area (TPSA) is 88.8 Å². The molecule has 2 aromatic rings. The van der Waals surface area contributed by atoms with Gasteiger partial charge in [0.15, 0.2) is 6.61 Å². The molecule has 164 valence electrons. The number of halogens is 3. The van der Waals surface area contributed by atoms with Crippen LogP contribution in [0.2, 0.25) is 0 Å². The fourth-order valence-corrected chi connectivity index (χ4v) is 2.72. The van der Waals surface area contributed by atoms with Crippen molar-refractivity contribution < 1.29 is 37.0 Å². The second kappa shape index (κ2) is 9.34. The fourth-order valence-electron chi connectivity index (χ4n) is 2.72. The molecule has 0 aliphatic carbocycles. The molecule has 30 heavy (non-hydrogen) atoms. The van der Waals surface area contributed by atoms with Gasteiger partial charge < -0.3 is 19.6 Å². The number of nitrogens with one attached hydrogen (secondary N) is 1. The van der Waals surface area contributed by atoms with E-state index in [-0.39, 0.29) is 5.76 Å². The van der Waals surface area contributed by atoms with E-state index in [4.69, 9.17) is 4.42 Å². The highest BCUT2D eigenvalue weighted by molar-refractivity contribution is 5.92. The monoisotopic (exact) mass is 427 g/mol. The van der Waals surface area contributed by atoms with E-state index in [0.717, 1.165) is 18.1 Å². The molecule has 2 N–H and O–H groups in total. The quantitative estimate of drug-likeness (QED) is 0.609. The lowest BCUT2D eigenvalue weighted by atomic mass is 9.96. The van der Waals surface area contributed by atoms with Gasteiger partial charge in [0.1, 0.15) is 11.5 Å². The number of esters is 1. The molecule has 0 saturated heterocycles. The van der Waals surface area contributed by atoms with E-state index < -0.39 is 42.4 Å². The maximum absolute atomic E-state index is 13.4. The zero-order valence-electron chi connectivity index (χ0n) is 16.9. The van der Waals surface area contributed by atoms with Crippen molar-refractivity contribution in [1.29, 1.82) is 0 Å². The van der Waals surface area contributed by atoms with Gasteiger partial charge in [0.05, 0.1) is 6.42 Å². The van der Waals surface area contributed by atoms with E-state index in [1.54, 1.807) is 12.1 Å². The zero-order valence-corrected chi connectivity index (χ0v) is 16.9. The van der Waals surface area contributed by atoms with Gasteiger partial charge in [-0.25, -0.2) is 0 Å². The molecule has 1 aromatic carbocycles. The van der Waals surface area contributed by atoms with E-state index in [2.05, 4.69) is 23.9 Å². The Kier molecular flexibility index (Phi) is 7.30. The number of anilines is 1. The fraction of sp³-hybridized carbons (Fsp3) is 0.429. The number of alkyl halides is 3. The van der Waals surface area contributed by atoms with Crippen LogP contribution in [0.15, 0.2) is 40.8 Å². The van der Waals surface area contributed by atoms with Crippen LogP contribution in [0.1, 0.15) is 49.7 Å². The summed E-state index contributed by atoms with van der Waals surface area (Å²) in [5.41, 5.74) is -2.00. The summed E-state index contributed by atoms with van der Waals surface area (Å²) in [6.45, 7) is 4.73. The molecule has 0 aliphatic rings. The molecule has 0 saturated carbocycles. The van der Waals surface area contributed by atoms with Crippen LogP contribution in [0, 0.1) is 6.92 Å². The normalized spacial score (nSPS) is 14.6. The first-order valence-corrected chi connectivity index (χ1v) is 9.37. The molecule has 1 amide bonds. The third-order valence-electron chi connectivity index (χ3n) is 4.76. The molecule has 0 aliphatic heterocycles. The van der Waals surface area contributed by atoms with Crippen LogP contribution in [0.5, 0.6) is 0 Å². The van der Waals surface area contributed by atoms with Crippen molar-refractivity contribution in [2.75, 3.05) is 11.9 Å². The Morgan fingerprint density at radius 3 is 2.30 bits per heavy atom. The number of carbonyl (C=O) groups is 2. The molecule has 9 heteroatoms. The molecular formula is C21H24F3NO5. The van der Waals surface area contributed by atoms with Gasteiger partial charge in [-0.15, -0.1) is 0 Å². The summed E-state index contributed by atoms with van der Waals surface area (Å²) in [5, 5.41) is 12.6. The van der Waals surface area contributed by atoms with Gasteiger partial charge in [-0.1, -0.05) is 26.0 Å². The number of hydrogen-bond acceptors (Lipinski definition) is 5. The standard InChI is InChI=1S/C21H24F3NO5/c1-4-13(2)15-6-8-16(9-7-15)25-18(26)12-29-19(27)11-20(28,21(22,23)24)17-10-5-14(3)30-17/h5-10,13,28H,4,11-12H2,1-3H3,(H,25,26)/t13-,20+/m1/s1. The van der Waals surface area contributed by atoms with E-state index in [0.29, 0.717) is 11.6 Å². The second-order valence-electron chi connectivity index (χ2n) is 7.09. The number of aryl methyl sites for hydroxylation is 1. The smallest absolute Gasteiger partial charge is 0.425 e. The van der Waals surface area contributed by atoms with Gasteiger partial charge in [0.25, 0.3) is 5.91 Å². The average Bonchev–Trinajstić information content (AvgIpc) is 3.12. The first-order valence-electron chi connectivity index (χ1n) is 9.37. The molecule has 6 nitrogen and oxygen atoms in total. The van der Waals surface area contributed by atoms with E-state index in [1.807, 2.05) is 12.1 Å². The first-order chi connectivity index (χ1) is 14.0. The first kappa shape index (κ1) is 23.5. The minimum Gasteiger partial charge on any atom is -0.463 e. The Labute approximate surface area is 172 Å². The Hall–Kier alpha value is -2.81. The second-order valence-corrected chi connectivity index (χ2v) is 7.09. The van der Waals surface area contributed by atoms with Crippen LogP contribution in [-0.2, 0) is 19.9 Å². The molecule has 1 aromatic heterocycles. The van der Waals surface area contributed by atoms with Crippen LogP contribution >= 0.6 is 0 Å². The summed E-state index contributed by atoms with van der Waals surface area (Å²) in [5.74, 6) is -2.44. The van der Waals surface area contributed by atoms with Crippen molar-refractivity contribution >= 4 is 17.6 Å². The van der Waals surface area contributed by atoms with E-state index in [9.17, 15) is 27.9 Å². The van der Waals surface area contributed by atoms with Crippen molar-refractivity contribution in [2.45, 2.75) is 51.3 Å². The number of benzene rings is 1. The van der Waals surface area contributed by atoms with Crippen molar-refractivity contribution in [3.8, 4) is 0 Å². The van der Waals surface area contributed by atoms with Crippen LogP contribution in [-0.4, -0.2) is 29.8 Å². The summed E-state index contributed by atoms with van der Waals surface area (Å²) in [6.07, 6.45) is -5.67. The molecule has 0 unspecified atom stereocenters. The summed E-state index contributed by atoms with van der Waals surface area (Å²) < 4.78 is 49.6. The number of amides is 1. The van der Waals surface area contributed by atoms with Crippen LogP contribution in [0.25, 0.3) is 0 Å². The lowest BCUT2D eigenvalue weighted by molar-refractivity contribution is -0.275. The van der Waals surface area contributed by atoms with Gasteiger partial charge in [-0.05, 0) is 49.1 Å². The van der Waals surface area contributed by atoms with Gasteiger partial charge in [-0.3, -0.25) is 9.59 Å². The van der Waals surface area contributed by atoms with Crippen molar-refractivity contribution in [3.05, 3.63) is 53.5 Å². The van der Waals surface area contributed by atoms with Gasteiger partial charge in [-0.2, -0.15) is 13.2 Å². The van der Waals surface area contributed by atoms with Crippen molar-refractivity contribution in [1.82, 2.24) is 0 Å². The predicted octanol–water partition coefficient (Wildman–Crippen LogP) is 4.42. The maximum atomic E-state index is 13.4. The molecule has 0 fully saturated rings. The Morgan fingerprint density at radius 1 is 1.17 bits per heavy atom. The lowest BCUT2D eigenvalue weighted by Crippen LogP contribution is -2.44. The third-order valence-corrected chi connectivity index (χ3v) is 4.76. The molecule has 0 radical (unpaired) electrons. The third kappa shape index (κ3) is 5.63. The maximum Gasteiger partial charge on any atom is 0.425 e. The Bertz CT molecular complexity index is 876. The van der Waals surface area contributed by atoms with Crippen LogP contribution in [0.3, 0.4) is 0 Å². The van der Waals surface area contributed by atoms with Crippen LogP contribution < -0.4 is 5.32 Å². The van der Waals surface area contributed by atoms with Gasteiger partial charge >= 0.3 is 12.1 Å². The summed E-state index contributed by atoms with van der Waals surface area (Å²) in [6, 6.07) is 9.24. The zero-order chi connectivity index (χ0) is 22.5. The van der Waals surface area contributed by atoms with E-state index >= 15 is 0 Å². The number of carbonyl (C=O) groups excluding carboxylic acids is 2. The highest BCUT2D eigenvalue weighted by Crippen LogP contribution is 2.42. The summed E-state index contributed by atoms with van der Waals surface area (Å²) >= 11 is 0. The lowest BCUT2D eigenvalue weighted by Gasteiger charge is -2.27. The molecular weight excluding hydrogens is 403 g/mol. The van der Waals surface area contributed by atoms with E-state index in [1.165, 1.54) is 13.0 Å². The largest absolute Gasteiger partial charge is 0.463 e. The number of rotatable bonds is 8. The van der Waals surface area contributed by atoms with Crippen molar-refractivity contribution in [3.63, 3.8) is 0 Å². The summed E-state index contributed by atoms with van der Waals surface area (Å²) in [4.78, 5) is 23.8. The number of furan rings is 1. The molecule has 2 rings (SSSR count). The highest BCUT2D eigenvalue weighted by Gasteiger charge is 2.58. The molecule has 1 heterocycles. The molecule has 0 bridgehead atoms.